The van der Waals surface area contributed by atoms with Crippen LogP contribution >= 0.6 is 0 Å². The first-order valence-electron chi connectivity index (χ1n) is 7.37. The molecular formula is C16H22N6O. The van der Waals surface area contributed by atoms with Crippen LogP contribution in [0.25, 0.3) is 0 Å². The number of carbonyl (C=O) groups is 1. The molecule has 0 aromatic carbocycles. The maximum absolute atomic E-state index is 11.6. The highest BCUT2D eigenvalue weighted by molar-refractivity contribution is 5.99. The molecule has 7 nitrogen and oxygen atoms in total. The smallest absolute Gasteiger partial charge is 0.252 e. The molecule has 122 valence electrons. The average Bonchev–Trinajstić information content (AvgIpc) is 2.43. The molecule has 7 heteroatoms. The number of pyridine rings is 2. The van der Waals surface area contributed by atoms with E-state index in [0.717, 1.165) is 11.3 Å². The lowest BCUT2D eigenvalue weighted by atomic mass is 10.2. The normalized spacial score (nSPS) is 11.8. The first kappa shape index (κ1) is 16.7. The van der Waals surface area contributed by atoms with Gasteiger partial charge in [-0.25, -0.2) is 9.97 Å². The lowest BCUT2D eigenvalue weighted by Gasteiger charge is -2.14. The summed E-state index contributed by atoms with van der Waals surface area (Å²) in [5.74, 6) is 0.705. The van der Waals surface area contributed by atoms with E-state index in [-0.39, 0.29) is 6.04 Å². The number of nitrogens with two attached hydrogens (primary N) is 2. The molecule has 23 heavy (non-hydrogen) atoms. The summed E-state index contributed by atoms with van der Waals surface area (Å²) in [7, 11) is 0. The number of carbonyl (C=O) groups excluding carboxylic acids is 1. The molecule has 6 N–H and O–H groups in total. The molecule has 1 amide bonds. The zero-order valence-corrected chi connectivity index (χ0v) is 13.6. The summed E-state index contributed by atoms with van der Waals surface area (Å²) in [6.45, 7) is 6.36. The molecular weight excluding hydrogens is 292 g/mol. The minimum atomic E-state index is -0.553. The van der Waals surface area contributed by atoms with Crippen LogP contribution in [0.5, 0.6) is 0 Å². The number of rotatable bonds is 6. The number of hydrogen-bond donors (Lipinski definition) is 4. The van der Waals surface area contributed by atoms with E-state index >= 15 is 0 Å². The fourth-order valence-electron chi connectivity index (χ4n) is 2.16. The van der Waals surface area contributed by atoms with Gasteiger partial charge in [0.2, 0.25) is 0 Å². The first-order valence-corrected chi connectivity index (χ1v) is 7.37. The summed E-state index contributed by atoms with van der Waals surface area (Å²) in [4.78, 5) is 20.2. The summed E-state index contributed by atoms with van der Waals surface area (Å²) in [6.07, 6.45) is 1.44. The van der Waals surface area contributed by atoms with E-state index in [4.69, 9.17) is 11.5 Å². The highest BCUT2D eigenvalue weighted by atomic mass is 16.1. The average molecular weight is 314 g/mol. The number of hydrogen-bond acceptors (Lipinski definition) is 6. The quantitative estimate of drug-likeness (QED) is 0.644. The molecule has 1 atom stereocenters. The van der Waals surface area contributed by atoms with Gasteiger partial charge >= 0.3 is 0 Å². The molecule has 0 radical (unpaired) electrons. The van der Waals surface area contributed by atoms with Crippen molar-refractivity contribution in [1.82, 2.24) is 9.97 Å². The van der Waals surface area contributed by atoms with Gasteiger partial charge in [0, 0.05) is 30.5 Å². The molecule has 0 saturated heterocycles. The summed E-state index contributed by atoms with van der Waals surface area (Å²) in [5, 5.41) is 6.25. The van der Waals surface area contributed by atoms with Gasteiger partial charge in [0.15, 0.2) is 0 Å². The van der Waals surface area contributed by atoms with Crippen molar-refractivity contribution in [1.29, 1.82) is 0 Å². The second kappa shape index (κ2) is 7.06. The van der Waals surface area contributed by atoms with Crippen LogP contribution in [0, 0.1) is 13.8 Å². The SMILES string of the molecule is Cc1cc(C)nc(Nc2cc(NC[C@H](C)N)ncc2C(N)=O)c1. The van der Waals surface area contributed by atoms with Gasteiger partial charge in [0.05, 0.1) is 11.3 Å². The van der Waals surface area contributed by atoms with Crippen molar-refractivity contribution >= 4 is 23.2 Å². The highest BCUT2D eigenvalue weighted by Gasteiger charge is 2.12. The fraction of sp³-hybridized carbons (Fsp3) is 0.312. The predicted molar refractivity (Wildman–Crippen MR) is 91.9 cm³/mol. The Morgan fingerprint density at radius 1 is 1.26 bits per heavy atom. The summed E-state index contributed by atoms with van der Waals surface area (Å²) >= 11 is 0. The third kappa shape index (κ3) is 4.65. The van der Waals surface area contributed by atoms with Crippen LogP contribution in [-0.2, 0) is 0 Å². The van der Waals surface area contributed by atoms with Gasteiger partial charge in [0.1, 0.15) is 11.6 Å². The number of amides is 1. The van der Waals surface area contributed by atoms with E-state index in [1.807, 2.05) is 32.9 Å². The Hall–Kier alpha value is -2.67. The van der Waals surface area contributed by atoms with Gasteiger partial charge in [0.25, 0.3) is 5.91 Å². The number of nitrogens with one attached hydrogen (secondary N) is 2. The van der Waals surface area contributed by atoms with Gasteiger partial charge in [-0.15, -0.1) is 0 Å². The van der Waals surface area contributed by atoms with Gasteiger partial charge in [-0.1, -0.05) is 0 Å². The van der Waals surface area contributed by atoms with Gasteiger partial charge in [-0.2, -0.15) is 0 Å². The summed E-state index contributed by atoms with van der Waals surface area (Å²) in [6, 6.07) is 5.59. The minimum absolute atomic E-state index is 0.00915. The van der Waals surface area contributed by atoms with Crippen molar-refractivity contribution in [2.45, 2.75) is 26.8 Å². The standard InChI is InChI=1S/C16H22N6O/c1-9-4-11(3)21-15(5-9)22-13-6-14(19-7-10(2)17)20-8-12(13)16(18)23/h4-6,8,10H,7,17H2,1-3H3,(H2,18,23)(H2,19,20,21,22)/t10-/m0/s1. The van der Waals surface area contributed by atoms with Crippen LogP contribution in [0.15, 0.2) is 24.4 Å². The third-order valence-corrected chi connectivity index (χ3v) is 3.14. The largest absolute Gasteiger partial charge is 0.368 e. The second-order valence-corrected chi connectivity index (χ2v) is 5.63. The lowest BCUT2D eigenvalue weighted by Crippen LogP contribution is -2.25. The maximum atomic E-state index is 11.6. The molecule has 0 bridgehead atoms. The molecule has 0 unspecified atom stereocenters. The Balaban J connectivity index is 2.33. The Kier molecular flexibility index (Phi) is 5.13. The molecule has 0 spiro atoms. The van der Waals surface area contributed by atoms with Crippen molar-refractivity contribution in [3.63, 3.8) is 0 Å². The number of anilines is 3. The van der Waals surface area contributed by atoms with Crippen LogP contribution in [0.4, 0.5) is 17.3 Å². The predicted octanol–water partition coefficient (Wildman–Crippen LogP) is 1.70. The van der Waals surface area contributed by atoms with Crippen LogP contribution in [0.3, 0.4) is 0 Å². The fourth-order valence-corrected chi connectivity index (χ4v) is 2.16. The van der Waals surface area contributed by atoms with Gasteiger partial charge in [-0.3, -0.25) is 4.79 Å². The Morgan fingerprint density at radius 3 is 2.61 bits per heavy atom. The van der Waals surface area contributed by atoms with Gasteiger partial charge in [-0.05, 0) is 38.5 Å². The van der Waals surface area contributed by atoms with Crippen LogP contribution in [-0.4, -0.2) is 28.5 Å². The topological polar surface area (TPSA) is 119 Å². The molecule has 0 aliphatic rings. The molecule has 2 rings (SSSR count). The summed E-state index contributed by atoms with van der Waals surface area (Å²) in [5.41, 5.74) is 14.0. The molecule has 0 aliphatic heterocycles. The van der Waals surface area contributed by atoms with E-state index in [2.05, 4.69) is 20.6 Å². The van der Waals surface area contributed by atoms with E-state index in [9.17, 15) is 4.79 Å². The van der Waals surface area contributed by atoms with Gasteiger partial charge < -0.3 is 22.1 Å². The van der Waals surface area contributed by atoms with Crippen LogP contribution < -0.4 is 22.1 Å². The monoisotopic (exact) mass is 314 g/mol. The zero-order chi connectivity index (χ0) is 17.0. The van der Waals surface area contributed by atoms with E-state index in [1.54, 1.807) is 6.07 Å². The molecule has 0 aliphatic carbocycles. The molecule has 0 saturated carbocycles. The van der Waals surface area contributed by atoms with Crippen molar-refractivity contribution in [2.24, 2.45) is 11.5 Å². The Labute approximate surface area is 135 Å². The van der Waals surface area contributed by atoms with E-state index < -0.39 is 5.91 Å². The van der Waals surface area contributed by atoms with Crippen LogP contribution in [0.1, 0.15) is 28.5 Å². The minimum Gasteiger partial charge on any atom is -0.368 e. The number of nitrogens with zero attached hydrogens (tertiary/aromatic N) is 2. The number of aryl methyl sites for hydroxylation is 2. The lowest BCUT2D eigenvalue weighted by molar-refractivity contribution is 0.100. The van der Waals surface area contributed by atoms with Crippen molar-refractivity contribution < 1.29 is 4.79 Å². The second-order valence-electron chi connectivity index (χ2n) is 5.63. The van der Waals surface area contributed by atoms with Crippen molar-refractivity contribution in [3.8, 4) is 0 Å². The molecule has 2 heterocycles. The zero-order valence-electron chi connectivity index (χ0n) is 13.6. The third-order valence-electron chi connectivity index (χ3n) is 3.14. The highest BCUT2D eigenvalue weighted by Crippen LogP contribution is 2.23. The Morgan fingerprint density at radius 2 is 2.00 bits per heavy atom. The molecule has 2 aromatic rings. The van der Waals surface area contributed by atoms with Crippen LogP contribution in [0.2, 0.25) is 0 Å². The first-order chi connectivity index (χ1) is 10.8. The Bertz CT molecular complexity index is 693. The number of aromatic nitrogens is 2. The van der Waals surface area contributed by atoms with E-state index in [1.165, 1.54) is 6.20 Å². The maximum Gasteiger partial charge on any atom is 0.252 e. The van der Waals surface area contributed by atoms with E-state index in [0.29, 0.717) is 29.4 Å². The number of primary amides is 1. The molecule has 0 fully saturated rings. The van der Waals surface area contributed by atoms with Crippen molar-refractivity contribution in [3.05, 3.63) is 41.2 Å². The molecule has 2 aromatic heterocycles. The summed E-state index contributed by atoms with van der Waals surface area (Å²) < 4.78 is 0. The van der Waals surface area contributed by atoms with Crippen molar-refractivity contribution in [2.75, 3.05) is 17.2 Å².